The lowest BCUT2D eigenvalue weighted by Crippen LogP contribution is -2.37. The summed E-state index contributed by atoms with van der Waals surface area (Å²) in [6.07, 6.45) is 4.50. The summed E-state index contributed by atoms with van der Waals surface area (Å²) in [4.78, 5) is 36.2. The number of nitrogens with one attached hydrogen (secondary N) is 2. The van der Waals surface area contributed by atoms with E-state index in [1.807, 2.05) is 12.1 Å². The fraction of sp³-hybridized carbons (Fsp3) is 0.316. The lowest BCUT2D eigenvalue weighted by atomic mass is 10.4. The average Bonchev–Trinajstić information content (AvgIpc) is 3.26. The maximum absolute atomic E-state index is 12.2. The van der Waals surface area contributed by atoms with Crippen molar-refractivity contribution in [2.75, 3.05) is 13.1 Å². The fourth-order valence-corrected chi connectivity index (χ4v) is 3.15. The molecule has 4 aromatic heterocycles. The molecule has 0 aliphatic heterocycles. The third-order valence-electron chi connectivity index (χ3n) is 4.64. The molecule has 11 nitrogen and oxygen atoms in total. The van der Waals surface area contributed by atoms with Gasteiger partial charge in [-0.1, -0.05) is 12.1 Å². The van der Waals surface area contributed by atoms with Crippen molar-refractivity contribution in [3.05, 3.63) is 69.8 Å². The highest BCUT2D eigenvalue weighted by Crippen LogP contribution is 1.96. The molecule has 0 aliphatic carbocycles. The van der Waals surface area contributed by atoms with Gasteiger partial charge in [0.05, 0.1) is 0 Å². The number of pyridine rings is 2. The Labute approximate surface area is 170 Å². The van der Waals surface area contributed by atoms with Gasteiger partial charge in [0.25, 0.3) is 0 Å². The van der Waals surface area contributed by atoms with E-state index < -0.39 is 0 Å². The normalized spacial score (nSPS) is 11.2. The van der Waals surface area contributed by atoms with Gasteiger partial charge in [-0.15, -0.1) is 10.2 Å². The van der Waals surface area contributed by atoms with Crippen molar-refractivity contribution in [1.82, 2.24) is 39.0 Å². The Balaban J connectivity index is 1.16. The van der Waals surface area contributed by atoms with Gasteiger partial charge in [0.2, 0.25) is 0 Å². The van der Waals surface area contributed by atoms with Gasteiger partial charge in [0.15, 0.2) is 11.3 Å². The van der Waals surface area contributed by atoms with Crippen LogP contribution in [0.1, 0.15) is 12.8 Å². The van der Waals surface area contributed by atoms with E-state index >= 15 is 0 Å². The van der Waals surface area contributed by atoms with Crippen molar-refractivity contribution in [3.8, 4) is 0 Å². The van der Waals surface area contributed by atoms with Gasteiger partial charge in [0, 0.05) is 38.6 Å². The summed E-state index contributed by atoms with van der Waals surface area (Å²) in [6.45, 7) is 1.66. The van der Waals surface area contributed by atoms with E-state index in [-0.39, 0.29) is 17.4 Å². The molecule has 4 aromatic rings. The number of carbonyl (C=O) groups excluding carboxylic acids is 1. The third-order valence-corrected chi connectivity index (χ3v) is 4.64. The summed E-state index contributed by atoms with van der Waals surface area (Å²) in [7, 11) is 0. The molecule has 30 heavy (non-hydrogen) atoms. The van der Waals surface area contributed by atoms with Crippen molar-refractivity contribution in [3.63, 3.8) is 0 Å². The number of amides is 2. The van der Waals surface area contributed by atoms with Crippen LogP contribution in [-0.4, -0.2) is 47.5 Å². The number of hydrogen-bond acceptors (Lipinski definition) is 5. The smallest absolute Gasteiger partial charge is 0.338 e. The first-order valence-corrected chi connectivity index (χ1v) is 9.73. The van der Waals surface area contributed by atoms with Crippen LogP contribution in [0.4, 0.5) is 4.79 Å². The maximum atomic E-state index is 12.2. The Hall–Kier alpha value is -3.89. The summed E-state index contributed by atoms with van der Waals surface area (Å²) in [6, 6.07) is 10.4. The number of aryl methyl sites for hydroxylation is 2. The number of hydrogen-bond donors (Lipinski definition) is 2. The average molecular weight is 410 g/mol. The first-order chi connectivity index (χ1) is 14.6. The predicted molar refractivity (Wildman–Crippen MR) is 110 cm³/mol. The second kappa shape index (κ2) is 8.64. The molecule has 156 valence electrons. The highest BCUT2D eigenvalue weighted by atomic mass is 16.2. The van der Waals surface area contributed by atoms with Crippen molar-refractivity contribution in [1.29, 1.82) is 0 Å². The lowest BCUT2D eigenvalue weighted by Gasteiger charge is -2.07. The van der Waals surface area contributed by atoms with E-state index in [2.05, 4.69) is 20.8 Å². The van der Waals surface area contributed by atoms with E-state index in [0.29, 0.717) is 50.3 Å². The maximum Gasteiger partial charge on any atom is 0.350 e. The molecule has 0 fully saturated rings. The van der Waals surface area contributed by atoms with Crippen LogP contribution in [0.25, 0.3) is 11.3 Å². The zero-order valence-electron chi connectivity index (χ0n) is 16.3. The number of fused-ring (bicyclic) bond motifs is 2. The largest absolute Gasteiger partial charge is 0.350 e. The first-order valence-electron chi connectivity index (χ1n) is 9.73. The highest BCUT2D eigenvalue weighted by molar-refractivity contribution is 5.73. The summed E-state index contributed by atoms with van der Waals surface area (Å²) < 4.78 is 5.74. The molecule has 0 saturated heterocycles. The molecular weight excluding hydrogens is 388 g/mol. The molecule has 0 aromatic carbocycles. The zero-order valence-corrected chi connectivity index (χ0v) is 16.3. The van der Waals surface area contributed by atoms with Gasteiger partial charge in [-0.3, -0.25) is 8.80 Å². The van der Waals surface area contributed by atoms with Crippen LogP contribution in [-0.2, 0) is 13.1 Å². The molecule has 11 heteroatoms. The van der Waals surface area contributed by atoms with Gasteiger partial charge in [-0.05, 0) is 37.1 Å². The Bertz CT molecular complexity index is 1180. The molecule has 4 rings (SSSR count). The Morgan fingerprint density at radius 2 is 1.23 bits per heavy atom. The zero-order chi connectivity index (χ0) is 20.9. The van der Waals surface area contributed by atoms with E-state index in [4.69, 9.17) is 0 Å². The molecule has 0 saturated carbocycles. The minimum absolute atomic E-state index is 0.197. The molecule has 0 spiro atoms. The molecular formula is C19H22N8O3. The van der Waals surface area contributed by atoms with Crippen LogP contribution in [0.15, 0.2) is 58.4 Å². The van der Waals surface area contributed by atoms with E-state index in [1.165, 1.54) is 18.2 Å². The van der Waals surface area contributed by atoms with E-state index in [1.54, 1.807) is 36.7 Å². The minimum Gasteiger partial charge on any atom is -0.338 e. The highest BCUT2D eigenvalue weighted by Gasteiger charge is 2.07. The summed E-state index contributed by atoms with van der Waals surface area (Å²) in [5.74, 6) is 0. The molecule has 4 heterocycles. The van der Waals surface area contributed by atoms with E-state index in [0.717, 1.165) is 0 Å². The van der Waals surface area contributed by atoms with Crippen LogP contribution >= 0.6 is 0 Å². The standard InChI is InChI=1S/C19H22N8O3/c28-17(20-9-5-13-26-18(29)24-11-3-1-7-15(24)22-26)21-10-6-14-27-19(30)25-12-4-2-8-16(25)23-27/h1-4,7-8,11-12H,5-6,9-10,13-14H2,(H2,20,21,28). The second-order valence-electron chi connectivity index (χ2n) is 6.76. The fourth-order valence-electron chi connectivity index (χ4n) is 3.15. The number of rotatable bonds is 8. The minimum atomic E-state index is -0.292. The molecule has 0 bridgehead atoms. The monoisotopic (exact) mass is 410 g/mol. The van der Waals surface area contributed by atoms with Gasteiger partial charge >= 0.3 is 17.4 Å². The second-order valence-corrected chi connectivity index (χ2v) is 6.76. The molecule has 2 N–H and O–H groups in total. The number of aromatic nitrogens is 6. The van der Waals surface area contributed by atoms with Crippen LogP contribution < -0.4 is 22.0 Å². The summed E-state index contributed by atoms with van der Waals surface area (Å²) >= 11 is 0. The van der Waals surface area contributed by atoms with E-state index in [9.17, 15) is 14.4 Å². The molecule has 2 amide bonds. The SMILES string of the molecule is O=C(NCCCn1nc2ccccn2c1=O)NCCCn1nc2ccccn2c1=O. The number of urea groups is 1. The van der Waals surface area contributed by atoms with Gasteiger partial charge in [0.1, 0.15) is 0 Å². The van der Waals surface area contributed by atoms with Crippen LogP contribution in [0.2, 0.25) is 0 Å². The molecule has 0 atom stereocenters. The first kappa shape index (κ1) is 19.4. The lowest BCUT2D eigenvalue weighted by molar-refractivity contribution is 0.240. The number of carbonyl (C=O) groups is 1. The summed E-state index contributed by atoms with van der Waals surface area (Å²) in [5.41, 5.74) is 0.797. The van der Waals surface area contributed by atoms with Gasteiger partial charge in [-0.2, -0.15) is 0 Å². The quantitative estimate of drug-likeness (QED) is 0.399. The molecule has 0 unspecified atom stereocenters. The van der Waals surface area contributed by atoms with Crippen LogP contribution in [0.3, 0.4) is 0 Å². The van der Waals surface area contributed by atoms with Gasteiger partial charge < -0.3 is 10.6 Å². The Kier molecular flexibility index (Phi) is 5.59. The van der Waals surface area contributed by atoms with Crippen molar-refractivity contribution >= 4 is 17.3 Å². The van der Waals surface area contributed by atoms with Crippen molar-refractivity contribution in [2.45, 2.75) is 25.9 Å². The Morgan fingerprint density at radius 3 is 1.67 bits per heavy atom. The van der Waals surface area contributed by atoms with Crippen molar-refractivity contribution in [2.24, 2.45) is 0 Å². The molecule has 0 aliphatic rings. The molecule has 0 radical (unpaired) electrons. The van der Waals surface area contributed by atoms with Crippen LogP contribution in [0.5, 0.6) is 0 Å². The third kappa shape index (κ3) is 4.09. The predicted octanol–water partition coefficient (Wildman–Crippen LogP) is 0.0850. The van der Waals surface area contributed by atoms with Gasteiger partial charge in [-0.25, -0.2) is 23.7 Å². The Morgan fingerprint density at radius 1 is 0.767 bits per heavy atom. The number of nitrogens with zero attached hydrogens (tertiary/aromatic N) is 6. The summed E-state index contributed by atoms with van der Waals surface area (Å²) in [5, 5.41) is 14.0. The topological polar surface area (TPSA) is 120 Å². The van der Waals surface area contributed by atoms with Crippen LogP contribution in [0, 0.1) is 0 Å². The van der Waals surface area contributed by atoms with Crippen molar-refractivity contribution < 1.29 is 4.79 Å².